The first-order valence-corrected chi connectivity index (χ1v) is 6.41. The molecule has 2 rings (SSSR count). The molecule has 0 unspecified atom stereocenters. The van der Waals surface area contributed by atoms with E-state index in [9.17, 15) is 4.79 Å². The van der Waals surface area contributed by atoms with E-state index in [-0.39, 0.29) is 11.9 Å². The second kappa shape index (κ2) is 6.25. The second-order valence-electron chi connectivity index (χ2n) is 4.23. The van der Waals surface area contributed by atoms with Crippen LogP contribution < -0.4 is 10.6 Å². The molecule has 0 fully saturated rings. The van der Waals surface area contributed by atoms with Crippen LogP contribution >= 0.6 is 11.6 Å². The first-order valence-electron chi connectivity index (χ1n) is 6.03. The van der Waals surface area contributed by atoms with Crippen molar-refractivity contribution >= 4 is 28.9 Å². The molecule has 0 bridgehead atoms. The summed E-state index contributed by atoms with van der Waals surface area (Å²) in [6.45, 7) is 1.82. The van der Waals surface area contributed by atoms with Crippen molar-refractivity contribution in [1.29, 1.82) is 0 Å². The molecule has 0 heterocycles. The zero-order valence-electron chi connectivity index (χ0n) is 10.6. The first kappa shape index (κ1) is 13.4. The van der Waals surface area contributed by atoms with Crippen molar-refractivity contribution in [3.8, 4) is 0 Å². The lowest BCUT2D eigenvalue weighted by Gasteiger charge is -2.15. The Kier molecular flexibility index (Phi) is 4.42. The van der Waals surface area contributed by atoms with Gasteiger partial charge >= 0.3 is 0 Å². The standard InChI is InChI=1S/C15H15ClN2O/c1-11(17-13-5-3-2-4-6-13)15(19)18-14-9-7-12(16)8-10-14/h2-11,17H,1H3,(H,18,19)/t11-/m1/s1. The predicted molar refractivity (Wildman–Crippen MR) is 79.6 cm³/mol. The molecule has 98 valence electrons. The zero-order chi connectivity index (χ0) is 13.7. The minimum atomic E-state index is -0.321. The average molecular weight is 275 g/mol. The van der Waals surface area contributed by atoms with Crippen LogP contribution in [0.3, 0.4) is 0 Å². The highest BCUT2D eigenvalue weighted by Gasteiger charge is 2.12. The Balaban J connectivity index is 1.94. The van der Waals surface area contributed by atoms with Gasteiger partial charge in [-0.15, -0.1) is 0 Å². The molecular formula is C15H15ClN2O. The quantitative estimate of drug-likeness (QED) is 0.891. The van der Waals surface area contributed by atoms with Gasteiger partial charge in [-0.3, -0.25) is 4.79 Å². The van der Waals surface area contributed by atoms with Crippen LogP contribution in [0, 0.1) is 0 Å². The number of halogens is 1. The maximum atomic E-state index is 12.0. The summed E-state index contributed by atoms with van der Waals surface area (Å²) in [5.74, 6) is -0.0915. The summed E-state index contributed by atoms with van der Waals surface area (Å²) in [4.78, 5) is 12.0. The van der Waals surface area contributed by atoms with E-state index < -0.39 is 0 Å². The minimum absolute atomic E-state index is 0.0915. The number of carbonyl (C=O) groups is 1. The lowest BCUT2D eigenvalue weighted by molar-refractivity contribution is -0.116. The van der Waals surface area contributed by atoms with Crippen molar-refractivity contribution in [2.24, 2.45) is 0 Å². The molecule has 1 amide bonds. The minimum Gasteiger partial charge on any atom is -0.374 e. The monoisotopic (exact) mass is 274 g/mol. The second-order valence-corrected chi connectivity index (χ2v) is 4.66. The van der Waals surface area contributed by atoms with Crippen LogP contribution in [0.25, 0.3) is 0 Å². The Morgan fingerprint density at radius 1 is 1.00 bits per heavy atom. The van der Waals surface area contributed by atoms with Crippen LogP contribution in [-0.2, 0) is 4.79 Å². The van der Waals surface area contributed by atoms with Gasteiger partial charge in [0, 0.05) is 16.4 Å². The van der Waals surface area contributed by atoms with Gasteiger partial charge < -0.3 is 10.6 Å². The molecule has 0 radical (unpaired) electrons. The summed E-state index contributed by atoms with van der Waals surface area (Å²) in [7, 11) is 0. The number of benzene rings is 2. The highest BCUT2D eigenvalue weighted by atomic mass is 35.5. The maximum absolute atomic E-state index is 12.0. The lowest BCUT2D eigenvalue weighted by Crippen LogP contribution is -2.31. The van der Waals surface area contributed by atoms with Gasteiger partial charge in [-0.1, -0.05) is 29.8 Å². The van der Waals surface area contributed by atoms with Gasteiger partial charge in [0.25, 0.3) is 0 Å². The van der Waals surface area contributed by atoms with E-state index in [1.165, 1.54) is 0 Å². The van der Waals surface area contributed by atoms with Crippen molar-refractivity contribution in [2.45, 2.75) is 13.0 Å². The van der Waals surface area contributed by atoms with Gasteiger partial charge in [0.2, 0.25) is 5.91 Å². The summed E-state index contributed by atoms with van der Waals surface area (Å²) in [6, 6.07) is 16.3. The number of hydrogen-bond acceptors (Lipinski definition) is 2. The number of hydrogen-bond donors (Lipinski definition) is 2. The summed E-state index contributed by atoms with van der Waals surface area (Å²) < 4.78 is 0. The van der Waals surface area contributed by atoms with E-state index in [2.05, 4.69) is 10.6 Å². The number of rotatable bonds is 4. The Labute approximate surface area is 117 Å². The largest absolute Gasteiger partial charge is 0.374 e. The van der Waals surface area contributed by atoms with E-state index in [1.807, 2.05) is 37.3 Å². The van der Waals surface area contributed by atoms with Crippen molar-refractivity contribution in [3.63, 3.8) is 0 Å². The molecule has 0 aromatic heterocycles. The molecule has 0 saturated heterocycles. The fourth-order valence-electron chi connectivity index (χ4n) is 1.63. The molecular weight excluding hydrogens is 260 g/mol. The van der Waals surface area contributed by atoms with Crippen molar-refractivity contribution in [2.75, 3.05) is 10.6 Å². The van der Waals surface area contributed by atoms with E-state index in [0.717, 1.165) is 11.4 Å². The van der Waals surface area contributed by atoms with Crippen LogP contribution in [-0.4, -0.2) is 11.9 Å². The van der Waals surface area contributed by atoms with Gasteiger partial charge in [0.05, 0.1) is 0 Å². The smallest absolute Gasteiger partial charge is 0.246 e. The predicted octanol–water partition coefficient (Wildman–Crippen LogP) is 3.78. The normalized spacial score (nSPS) is 11.7. The average Bonchev–Trinajstić information content (AvgIpc) is 2.42. The fraction of sp³-hybridized carbons (Fsp3) is 0.133. The van der Waals surface area contributed by atoms with Gasteiger partial charge in [0.15, 0.2) is 0 Å². The fourth-order valence-corrected chi connectivity index (χ4v) is 1.76. The molecule has 0 spiro atoms. The SMILES string of the molecule is C[C@@H](Nc1ccccc1)C(=O)Nc1ccc(Cl)cc1. The van der Waals surface area contributed by atoms with E-state index >= 15 is 0 Å². The summed E-state index contributed by atoms with van der Waals surface area (Å²) in [5.41, 5.74) is 1.65. The van der Waals surface area contributed by atoms with E-state index in [4.69, 9.17) is 11.6 Å². The third-order valence-corrected chi connectivity index (χ3v) is 2.91. The highest BCUT2D eigenvalue weighted by molar-refractivity contribution is 6.30. The van der Waals surface area contributed by atoms with Crippen molar-refractivity contribution in [3.05, 3.63) is 59.6 Å². The van der Waals surface area contributed by atoms with Crippen LogP contribution in [0.2, 0.25) is 5.02 Å². The number of para-hydroxylation sites is 1. The van der Waals surface area contributed by atoms with E-state index in [1.54, 1.807) is 24.3 Å². The number of amides is 1. The van der Waals surface area contributed by atoms with Gasteiger partial charge in [-0.05, 0) is 43.3 Å². The Morgan fingerprint density at radius 3 is 2.26 bits per heavy atom. The number of carbonyl (C=O) groups excluding carboxylic acids is 1. The Morgan fingerprint density at radius 2 is 1.63 bits per heavy atom. The molecule has 0 aliphatic carbocycles. The zero-order valence-corrected chi connectivity index (χ0v) is 11.3. The van der Waals surface area contributed by atoms with Crippen LogP contribution in [0.15, 0.2) is 54.6 Å². The molecule has 19 heavy (non-hydrogen) atoms. The Hall–Kier alpha value is -2.00. The number of anilines is 2. The van der Waals surface area contributed by atoms with Crippen molar-refractivity contribution in [1.82, 2.24) is 0 Å². The number of nitrogens with one attached hydrogen (secondary N) is 2. The molecule has 3 nitrogen and oxygen atoms in total. The summed E-state index contributed by atoms with van der Waals surface area (Å²) in [6.07, 6.45) is 0. The molecule has 2 aromatic rings. The third kappa shape index (κ3) is 4.00. The molecule has 4 heteroatoms. The molecule has 2 aromatic carbocycles. The van der Waals surface area contributed by atoms with Gasteiger partial charge in [0.1, 0.15) is 6.04 Å². The Bertz CT molecular complexity index is 540. The van der Waals surface area contributed by atoms with Crippen LogP contribution in [0.1, 0.15) is 6.92 Å². The summed E-state index contributed by atoms with van der Waals surface area (Å²) >= 11 is 5.79. The van der Waals surface area contributed by atoms with E-state index in [0.29, 0.717) is 5.02 Å². The molecule has 0 aliphatic rings. The first-order chi connectivity index (χ1) is 9.15. The van der Waals surface area contributed by atoms with Gasteiger partial charge in [-0.25, -0.2) is 0 Å². The van der Waals surface area contributed by atoms with Crippen LogP contribution in [0.4, 0.5) is 11.4 Å². The molecule has 1 atom stereocenters. The highest BCUT2D eigenvalue weighted by Crippen LogP contribution is 2.14. The van der Waals surface area contributed by atoms with Crippen LogP contribution in [0.5, 0.6) is 0 Å². The third-order valence-electron chi connectivity index (χ3n) is 2.66. The maximum Gasteiger partial charge on any atom is 0.246 e. The molecule has 2 N–H and O–H groups in total. The summed E-state index contributed by atoms with van der Waals surface area (Å²) in [5, 5.41) is 6.61. The molecule has 0 saturated carbocycles. The molecule has 0 aliphatic heterocycles. The lowest BCUT2D eigenvalue weighted by atomic mass is 10.2. The topological polar surface area (TPSA) is 41.1 Å². The van der Waals surface area contributed by atoms with Crippen molar-refractivity contribution < 1.29 is 4.79 Å². The van der Waals surface area contributed by atoms with Gasteiger partial charge in [-0.2, -0.15) is 0 Å².